The minimum absolute atomic E-state index is 0.439. The van der Waals surface area contributed by atoms with Crippen LogP contribution in [0.1, 0.15) is 32.3 Å². The van der Waals surface area contributed by atoms with E-state index in [1.165, 1.54) is 12.1 Å². The van der Waals surface area contributed by atoms with Crippen LogP contribution in [0, 0.1) is 5.92 Å². The Morgan fingerprint density at radius 3 is 2.05 bits per heavy atom. The fourth-order valence-corrected chi connectivity index (χ4v) is 3.90. The van der Waals surface area contributed by atoms with Gasteiger partial charge in [0.2, 0.25) is 0 Å². The molecule has 2 atom stereocenters. The van der Waals surface area contributed by atoms with Gasteiger partial charge >= 0.3 is 6.18 Å². The number of piperazine rings is 1. The standard InChI is InChI=1S/C17H23F3N2/c1-12(2)9-21-10-15-7-8-16(11-21)22(15)14-5-3-13(4-6-14)17(18,19)20/h3-6,12,15-16H,7-11H2,1-2H3. The van der Waals surface area contributed by atoms with Crippen LogP contribution in [0.25, 0.3) is 0 Å². The van der Waals surface area contributed by atoms with Gasteiger partial charge in [0, 0.05) is 37.4 Å². The molecule has 2 aliphatic heterocycles. The van der Waals surface area contributed by atoms with E-state index in [9.17, 15) is 13.2 Å². The highest BCUT2D eigenvalue weighted by Crippen LogP contribution is 2.37. The van der Waals surface area contributed by atoms with Gasteiger partial charge in [-0.15, -0.1) is 0 Å². The predicted octanol–water partition coefficient (Wildman–Crippen LogP) is 4.01. The third-order valence-electron chi connectivity index (χ3n) is 4.67. The molecule has 5 heteroatoms. The van der Waals surface area contributed by atoms with Crippen molar-refractivity contribution in [2.45, 2.75) is 44.9 Å². The fraction of sp³-hybridized carbons (Fsp3) is 0.647. The zero-order valence-electron chi connectivity index (χ0n) is 13.1. The van der Waals surface area contributed by atoms with Gasteiger partial charge in [-0.3, -0.25) is 4.90 Å². The summed E-state index contributed by atoms with van der Waals surface area (Å²) in [4.78, 5) is 4.85. The van der Waals surface area contributed by atoms with E-state index in [1.54, 1.807) is 12.1 Å². The Labute approximate surface area is 129 Å². The smallest absolute Gasteiger partial charge is 0.363 e. The van der Waals surface area contributed by atoms with Crippen LogP contribution in [0.15, 0.2) is 24.3 Å². The molecule has 0 radical (unpaired) electrons. The number of hydrogen-bond acceptors (Lipinski definition) is 2. The zero-order chi connectivity index (χ0) is 15.9. The summed E-state index contributed by atoms with van der Waals surface area (Å²) in [5, 5.41) is 0. The van der Waals surface area contributed by atoms with Crippen molar-refractivity contribution in [1.29, 1.82) is 0 Å². The highest BCUT2D eigenvalue weighted by molar-refractivity contribution is 5.52. The lowest BCUT2D eigenvalue weighted by atomic mass is 10.1. The number of benzene rings is 1. The minimum Gasteiger partial charge on any atom is -0.363 e. The summed E-state index contributed by atoms with van der Waals surface area (Å²) < 4.78 is 38.0. The molecule has 2 aliphatic rings. The lowest BCUT2D eigenvalue weighted by Crippen LogP contribution is -2.54. The molecule has 0 saturated carbocycles. The molecule has 2 nitrogen and oxygen atoms in total. The van der Waals surface area contributed by atoms with Crippen LogP contribution in [0.5, 0.6) is 0 Å². The number of nitrogens with zero attached hydrogens (tertiary/aromatic N) is 2. The van der Waals surface area contributed by atoms with Crippen molar-refractivity contribution in [1.82, 2.24) is 4.90 Å². The third kappa shape index (κ3) is 3.09. The van der Waals surface area contributed by atoms with Crippen molar-refractivity contribution < 1.29 is 13.2 Å². The first-order valence-corrected chi connectivity index (χ1v) is 8.02. The Kier molecular flexibility index (Phi) is 4.10. The molecular formula is C17H23F3N2. The van der Waals surface area contributed by atoms with E-state index in [0.717, 1.165) is 38.2 Å². The molecule has 1 aromatic rings. The molecule has 122 valence electrons. The average molecular weight is 312 g/mol. The maximum atomic E-state index is 12.7. The number of hydrogen-bond donors (Lipinski definition) is 0. The van der Waals surface area contributed by atoms with Crippen molar-refractivity contribution in [3.05, 3.63) is 29.8 Å². The Morgan fingerprint density at radius 1 is 1.05 bits per heavy atom. The second kappa shape index (κ2) is 5.76. The van der Waals surface area contributed by atoms with Crippen molar-refractivity contribution in [3.8, 4) is 0 Å². The number of anilines is 1. The van der Waals surface area contributed by atoms with E-state index >= 15 is 0 Å². The van der Waals surface area contributed by atoms with Crippen LogP contribution >= 0.6 is 0 Å². The molecule has 3 rings (SSSR count). The van der Waals surface area contributed by atoms with E-state index in [0.29, 0.717) is 18.0 Å². The Morgan fingerprint density at radius 2 is 1.59 bits per heavy atom. The maximum absolute atomic E-state index is 12.7. The molecule has 0 spiro atoms. The number of alkyl halides is 3. The predicted molar refractivity (Wildman–Crippen MR) is 82.0 cm³/mol. The number of halogens is 3. The summed E-state index contributed by atoms with van der Waals surface area (Å²) in [6.07, 6.45) is -1.98. The van der Waals surface area contributed by atoms with E-state index in [2.05, 4.69) is 23.6 Å². The lowest BCUT2D eigenvalue weighted by Gasteiger charge is -2.43. The molecule has 0 aromatic heterocycles. The highest BCUT2D eigenvalue weighted by atomic mass is 19.4. The van der Waals surface area contributed by atoms with Gasteiger partial charge in [0.1, 0.15) is 0 Å². The number of rotatable bonds is 3. The zero-order valence-corrected chi connectivity index (χ0v) is 13.1. The second-order valence-electron chi connectivity index (χ2n) is 6.95. The molecule has 2 unspecified atom stereocenters. The number of fused-ring (bicyclic) bond motifs is 2. The summed E-state index contributed by atoms with van der Waals surface area (Å²) in [5.41, 5.74) is 0.367. The summed E-state index contributed by atoms with van der Waals surface area (Å²) in [5.74, 6) is 0.650. The maximum Gasteiger partial charge on any atom is 0.416 e. The van der Waals surface area contributed by atoms with Gasteiger partial charge in [-0.25, -0.2) is 0 Å². The van der Waals surface area contributed by atoms with Crippen LogP contribution in [-0.2, 0) is 6.18 Å². The van der Waals surface area contributed by atoms with Crippen molar-refractivity contribution >= 4 is 5.69 Å². The molecule has 1 aromatic carbocycles. The van der Waals surface area contributed by atoms with Gasteiger partial charge in [0.15, 0.2) is 0 Å². The number of likely N-dealkylation sites (tertiary alicyclic amines) is 1. The molecule has 2 saturated heterocycles. The second-order valence-corrected chi connectivity index (χ2v) is 6.95. The van der Waals surface area contributed by atoms with Crippen molar-refractivity contribution in [3.63, 3.8) is 0 Å². The normalized spacial score (nSPS) is 26.0. The lowest BCUT2D eigenvalue weighted by molar-refractivity contribution is -0.137. The molecule has 22 heavy (non-hydrogen) atoms. The Hall–Kier alpha value is -1.23. The molecule has 0 aliphatic carbocycles. The third-order valence-corrected chi connectivity index (χ3v) is 4.67. The van der Waals surface area contributed by atoms with E-state index in [4.69, 9.17) is 0 Å². The van der Waals surface area contributed by atoms with Crippen LogP contribution in [0.3, 0.4) is 0 Å². The van der Waals surface area contributed by atoms with Gasteiger partial charge in [-0.2, -0.15) is 13.2 Å². The van der Waals surface area contributed by atoms with Gasteiger partial charge in [-0.1, -0.05) is 13.8 Å². The van der Waals surface area contributed by atoms with Gasteiger partial charge in [0.05, 0.1) is 5.56 Å². The summed E-state index contributed by atoms with van der Waals surface area (Å²) in [6, 6.07) is 6.55. The first-order chi connectivity index (χ1) is 10.3. The molecule has 0 amide bonds. The van der Waals surface area contributed by atoms with E-state index in [-0.39, 0.29) is 0 Å². The summed E-state index contributed by atoms with van der Waals surface area (Å²) in [6.45, 7) is 7.60. The largest absolute Gasteiger partial charge is 0.416 e. The summed E-state index contributed by atoms with van der Waals surface area (Å²) >= 11 is 0. The molecule has 2 heterocycles. The van der Waals surface area contributed by atoms with Gasteiger partial charge in [-0.05, 0) is 43.0 Å². The molecule has 2 fully saturated rings. The minimum atomic E-state index is -4.26. The quantitative estimate of drug-likeness (QED) is 0.832. The molecule has 0 N–H and O–H groups in total. The van der Waals surface area contributed by atoms with Crippen LogP contribution in [-0.4, -0.2) is 36.6 Å². The SMILES string of the molecule is CC(C)CN1CC2CCC(C1)N2c1ccc(C(F)(F)F)cc1. The molecule has 2 bridgehead atoms. The van der Waals surface area contributed by atoms with Gasteiger partial charge < -0.3 is 4.90 Å². The van der Waals surface area contributed by atoms with Crippen LogP contribution < -0.4 is 4.90 Å². The highest BCUT2D eigenvalue weighted by Gasteiger charge is 2.40. The van der Waals surface area contributed by atoms with E-state index in [1.807, 2.05) is 0 Å². The molecular weight excluding hydrogens is 289 g/mol. The first kappa shape index (κ1) is 15.7. The topological polar surface area (TPSA) is 6.48 Å². The monoisotopic (exact) mass is 312 g/mol. The van der Waals surface area contributed by atoms with Crippen molar-refractivity contribution in [2.24, 2.45) is 5.92 Å². The average Bonchev–Trinajstić information content (AvgIpc) is 2.69. The van der Waals surface area contributed by atoms with Gasteiger partial charge in [0.25, 0.3) is 0 Å². The van der Waals surface area contributed by atoms with E-state index < -0.39 is 11.7 Å². The summed E-state index contributed by atoms with van der Waals surface area (Å²) in [7, 11) is 0. The van der Waals surface area contributed by atoms with Crippen LogP contribution in [0.2, 0.25) is 0 Å². The fourth-order valence-electron chi connectivity index (χ4n) is 3.90. The van der Waals surface area contributed by atoms with Crippen LogP contribution in [0.4, 0.5) is 18.9 Å². The first-order valence-electron chi connectivity index (χ1n) is 8.02. The Bertz CT molecular complexity index is 496. The Balaban J connectivity index is 1.74. The van der Waals surface area contributed by atoms with Crippen molar-refractivity contribution in [2.75, 3.05) is 24.5 Å².